The van der Waals surface area contributed by atoms with Crippen LogP contribution in [0.3, 0.4) is 0 Å². The highest BCUT2D eigenvalue weighted by molar-refractivity contribution is 7.10. The first-order valence-electron chi connectivity index (χ1n) is 5.09. The van der Waals surface area contributed by atoms with Crippen molar-refractivity contribution in [3.8, 4) is 0 Å². The first-order chi connectivity index (χ1) is 8.22. The summed E-state index contributed by atoms with van der Waals surface area (Å²) < 4.78 is 5.41. The van der Waals surface area contributed by atoms with Crippen molar-refractivity contribution < 1.29 is 9.53 Å². The summed E-state index contributed by atoms with van der Waals surface area (Å²) >= 11 is 1.55. The zero-order valence-electron chi connectivity index (χ0n) is 9.42. The summed E-state index contributed by atoms with van der Waals surface area (Å²) in [5.41, 5.74) is 0. The largest absolute Gasteiger partial charge is 0.420 e. The summed E-state index contributed by atoms with van der Waals surface area (Å²) in [4.78, 5) is 18.3. The highest BCUT2D eigenvalue weighted by Gasteiger charge is 2.31. The number of amidine groups is 1. The molecule has 0 spiro atoms. The molecule has 1 saturated heterocycles. The fourth-order valence-corrected chi connectivity index (χ4v) is 1.98. The quantitative estimate of drug-likeness (QED) is 0.607. The fraction of sp³-hybridized carbons (Fsp3) is 0.167. The van der Waals surface area contributed by atoms with E-state index in [1.807, 2.05) is 17.5 Å². The van der Waals surface area contributed by atoms with Crippen LogP contribution in [0.2, 0.25) is 0 Å². The van der Waals surface area contributed by atoms with Crippen LogP contribution in [0.15, 0.2) is 40.9 Å². The van der Waals surface area contributed by atoms with Crippen molar-refractivity contribution in [3.63, 3.8) is 0 Å². The van der Waals surface area contributed by atoms with Crippen LogP contribution >= 0.6 is 11.3 Å². The smallest absolute Gasteiger partial charge is 0.300 e. The molecule has 2 heterocycles. The van der Waals surface area contributed by atoms with Gasteiger partial charge >= 0.3 is 0 Å². The van der Waals surface area contributed by atoms with Crippen LogP contribution in [0.4, 0.5) is 0 Å². The summed E-state index contributed by atoms with van der Waals surface area (Å²) in [7, 11) is 1.64. The molecule has 1 aliphatic heterocycles. The molecular weight excluding hydrogens is 236 g/mol. The number of nitrogens with zero attached hydrogens (tertiary/aromatic N) is 2. The highest BCUT2D eigenvalue weighted by atomic mass is 32.1. The van der Waals surface area contributed by atoms with Crippen LogP contribution < -0.4 is 0 Å². The molecule has 0 saturated carbocycles. The molecule has 5 heteroatoms. The van der Waals surface area contributed by atoms with Gasteiger partial charge in [-0.25, -0.2) is 4.99 Å². The predicted octanol–water partition coefficient (Wildman–Crippen LogP) is 2.12. The first kappa shape index (κ1) is 11.6. The van der Waals surface area contributed by atoms with Gasteiger partial charge in [0.15, 0.2) is 5.76 Å². The number of likely N-dealkylation sites (N-methyl/N-ethyl adjacent to an activating group) is 1. The fourth-order valence-electron chi connectivity index (χ4n) is 1.34. The van der Waals surface area contributed by atoms with E-state index in [1.165, 1.54) is 4.90 Å². The zero-order valence-corrected chi connectivity index (χ0v) is 10.2. The van der Waals surface area contributed by atoms with Gasteiger partial charge in [0.05, 0.1) is 6.54 Å². The number of thiophene rings is 1. The number of hydrogen-bond acceptors (Lipinski definition) is 4. The summed E-state index contributed by atoms with van der Waals surface area (Å²) in [6.07, 6.45) is 3.37. The molecule has 0 unspecified atom stereocenters. The summed E-state index contributed by atoms with van der Waals surface area (Å²) in [6, 6.07) is 4.16. The lowest BCUT2D eigenvalue weighted by Crippen LogP contribution is -2.24. The Kier molecular flexibility index (Phi) is 3.39. The van der Waals surface area contributed by atoms with Crippen molar-refractivity contribution in [2.75, 3.05) is 13.6 Å². The van der Waals surface area contributed by atoms with Crippen molar-refractivity contribution in [1.29, 1.82) is 0 Å². The van der Waals surface area contributed by atoms with E-state index in [9.17, 15) is 4.79 Å². The molecule has 17 heavy (non-hydrogen) atoms. The van der Waals surface area contributed by atoms with Crippen molar-refractivity contribution in [3.05, 3.63) is 40.8 Å². The minimum atomic E-state index is -0.179. The average Bonchev–Trinajstić information content (AvgIpc) is 2.91. The standard InChI is InChI=1S/C12H12N2O2S/c1-3-6-13-12-14(2)11(15)10(16-12)8-9-5-4-7-17-9/h3-5,7-8H,1,6H2,2H3/b10-8+,13-12+. The molecule has 0 bridgehead atoms. The minimum absolute atomic E-state index is 0.179. The highest BCUT2D eigenvalue weighted by Crippen LogP contribution is 2.20. The second-order valence-electron chi connectivity index (χ2n) is 3.40. The van der Waals surface area contributed by atoms with Gasteiger partial charge in [0, 0.05) is 18.0 Å². The van der Waals surface area contributed by atoms with Crippen molar-refractivity contribution in [2.24, 2.45) is 4.99 Å². The van der Waals surface area contributed by atoms with Gasteiger partial charge in [0.25, 0.3) is 11.9 Å². The summed E-state index contributed by atoms with van der Waals surface area (Å²) in [6.45, 7) is 4.00. The molecule has 2 rings (SSSR count). The summed E-state index contributed by atoms with van der Waals surface area (Å²) in [5.74, 6) is 0.124. The van der Waals surface area contributed by atoms with Crippen molar-refractivity contribution in [1.82, 2.24) is 4.90 Å². The molecule has 1 amide bonds. The molecule has 1 aliphatic rings. The molecule has 0 radical (unpaired) electrons. The average molecular weight is 248 g/mol. The molecule has 1 aromatic rings. The van der Waals surface area contributed by atoms with E-state index in [4.69, 9.17) is 4.74 Å². The molecule has 1 fully saturated rings. The number of carbonyl (C=O) groups excluding carboxylic acids is 1. The lowest BCUT2D eigenvalue weighted by molar-refractivity contribution is -0.122. The van der Waals surface area contributed by atoms with Crippen molar-refractivity contribution >= 4 is 29.3 Å². The second kappa shape index (κ2) is 4.97. The van der Waals surface area contributed by atoms with E-state index < -0.39 is 0 Å². The lowest BCUT2D eigenvalue weighted by Gasteiger charge is -2.03. The topological polar surface area (TPSA) is 41.9 Å². The number of aliphatic imine (C=N–C) groups is 1. The van der Waals surface area contributed by atoms with Crippen LogP contribution in [0, 0.1) is 0 Å². The first-order valence-corrected chi connectivity index (χ1v) is 5.97. The van der Waals surface area contributed by atoms with Crippen LogP contribution in [0.1, 0.15) is 4.88 Å². The Morgan fingerprint density at radius 3 is 3.12 bits per heavy atom. The summed E-state index contributed by atoms with van der Waals surface area (Å²) in [5, 5.41) is 1.95. The third kappa shape index (κ3) is 2.45. The van der Waals surface area contributed by atoms with Gasteiger partial charge < -0.3 is 4.74 Å². The maximum Gasteiger partial charge on any atom is 0.300 e. The molecular formula is C12H12N2O2S. The number of carbonyl (C=O) groups is 1. The Morgan fingerprint density at radius 2 is 2.47 bits per heavy atom. The van der Waals surface area contributed by atoms with E-state index in [0.717, 1.165) is 4.88 Å². The maximum absolute atomic E-state index is 11.8. The monoisotopic (exact) mass is 248 g/mol. The van der Waals surface area contributed by atoms with Crippen LogP contribution in [-0.4, -0.2) is 30.4 Å². The van der Waals surface area contributed by atoms with Crippen LogP contribution in [0.5, 0.6) is 0 Å². The second-order valence-corrected chi connectivity index (χ2v) is 4.38. The Hall–Kier alpha value is -1.88. The van der Waals surface area contributed by atoms with E-state index in [1.54, 1.807) is 30.5 Å². The number of hydrogen-bond donors (Lipinski definition) is 0. The van der Waals surface area contributed by atoms with Gasteiger partial charge in [0.1, 0.15) is 0 Å². The SMILES string of the molecule is C=CC/N=C1/O/C(=C/c2cccs2)C(=O)N1C. The number of rotatable bonds is 3. The van der Waals surface area contributed by atoms with Gasteiger partial charge in [-0.3, -0.25) is 9.69 Å². The Morgan fingerprint density at radius 1 is 1.65 bits per heavy atom. The van der Waals surface area contributed by atoms with Gasteiger partial charge in [-0.15, -0.1) is 17.9 Å². The van der Waals surface area contributed by atoms with Crippen molar-refractivity contribution in [2.45, 2.75) is 0 Å². The minimum Gasteiger partial charge on any atom is -0.420 e. The van der Waals surface area contributed by atoms with E-state index in [2.05, 4.69) is 11.6 Å². The molecule has 0 aromatic carbocycles. The number of amides is 1. The van der Waals surface area contributed by atoms with Gasteiger partial charge in [0.2, 0.25) is 0 Å². The molecule has 0 atom stereocenters. The Labute approximate surface area is 104 Å². The van der Waals surface area contributed by atoms with Gasteiger partial charge in [-0.05, 0) is 11.4 Å². The molecule has 88 valence electrons. The third-order valence-corrected chi connectivity index (χ3v) is 3.00. The molecule has 4 nitrogen and oxygen atoms in total. The zero-order chi connectivity index (χ0) is 12.3. The Bertz CT molecular complexity index is 489. The molecule has 1 aromatic heterocycles. The van der Waals surface area contributed by atoms with Gasteiger partial charge in [-0.2, -0.15) is 0 Å². The Balaban J connectivity index is 2.22. The van der Waals surface area contributed by atoms with Gasteiger partial charge in [-0.1, -0.05) is 12.1 Å². The lowest BCUT2D eigenvalue weighted by atomic mass is 10.3. The van der Waals surface area contributed by atoms with E-state index in [0.29, 0.717) is 18.3 Å². The third-order valence-electron chi connectivity index (χ3n) is 2.18. The molecule has 0 aliphatic carbocycles. The normalized spacial score (nSPS) is 20.1. The van der Waals surface area contributed by atoms with Crippen LogP contribution in [0.25, 0.3) is 6.08 Å². The molecule has 0 N–H and O–H groups in total. The van der Waals surface area contributed by atoms with E-state index in [-0.39, 0.29) is 5.91 Å². The number of ether oxygens (including phenoxy) is 1. The predicted molar refractivity (Wildman–Crippen MR) is 68.7 cm³/mol. The van der Waals surface area contributed by atoms with Crippen LogP contribution in [-0.2, 0) is 9.53 Å². The van der Waals surface area contributed by atoms with E-state index >= 15 is 0 Å². The maximum atomic E-state index is 11.8.